The maximum absolute atomic E-state index is 13.0. The smallest absolute Gasteiger partial charge is 0.256 e. The molecule has 0 saturated carbocycles. The number of amidine groups is 1. The monoisotopic (exact) mass is 374 g/mol. The first-order valence-corrected chi connectivity index (χ1v) is 9.60. The fourth-order valence-corrected chi connectivity index (χ4v) is 3.92. The van der Waals surface area contributed by atoms with Crippen molar-refractivity contribution in [1.29, 1.82) is 0 Å². The predicted molar refractivity (Wildman–Crippen MR) is 108 cm³/mol. The maximum atomic E-state index is 13.0. The Hall–Kier alpha value is -3.12. The van der Waals surface area contributed by atoms with Crippen molar-refractivity contribution in [3.8, 4) is 0 Å². The van der Waals surface area contributed by atoms with Gasteiger partial charge in [-0.3, -0.25) is 4.79 Å². The first kappa shape index (κ1) is 17.0. The molecule has 6 heteroatoms. The Kier molecular flexibility index (Phi) is 3.94. The molecule has 6 nitrogen and oxygen atoms in total. The maximum Gasteiger partial charge on any atom is 0.256 e. The molecule has 28 heavy (non-hydrogen) atoms. The second kappa shape index (κ2) is 6.49. The number of nitrogens with zero attached hydrogens (tertiary/aromatic N) is 2. The van der Waals surface area contributed by atoms with Gasteiger partial charge in [0.05, 0.1) is 5.56 Å². The number of aromatic nitrogens is 1. The van der Waals surface area contributed by atoms with Gasteiger partial charge in [0.2, 0.25) is 0 Å². The van der Waals surface area contributed by atoms with E-state index >= 15 is 0 Å². The molecule has 1 fully saturated rings. The third kappa shape index (κ3) is 2.86. The number of carbonyl (C=O) groups is 1. The van der Waals surface area contributed by atoms with Crippen molar-refractivity contribution in [3.05, 3.63) is 71.4 Å². The van der Waals surface area contributed by atoms with Gasteiger partial charge < -0.3 is 9.88 Å². The van der Waals surface area contributed by atoms with Crippen LogP contribution in [0.25, 0.3) is 10.9 Å². The van der Waals surface area contributed by atoms with Gasteiger partial charge >= 0.3 is 0 Å². The van der Waals surface area contributed by atoms with Crippen molar-refractivity contribution in [1.82, 2.24) is 15.4 Å². The first-order chi connectivity index (χ1) is 13.6. The molecule has 2 N–H and O–H groups in total. The number of likely N-dealkylation sites (tertiary alicyclic amines) is 1. The molecule has 0 radical (unpaired) electrons. The van der Waals surface area contributed by atoms with E-state index in [1.54, 1.807) is 6.20 Å². The first-order valence-electron chi connectivity index (χ1n) is 9.60. The number of hydrogen-bond donors (Lipinski definition) is 2. The van der Waals surface area contributed by atoms with Crippen molar-refractivity contribution in [2.75, 3.05) is 13.1 Å². The molecule has 142 valence electrons. The van der Waals surface area contributed by atoms with E-state index in [4.69, 9.17) is 9.83 Å². The molecule has 3 aromatic rings. The average molecular weight is 374 g/mol. The van der Waals surface area contributed by atoms with Gasteiger partial charge in [-0.15, -0.1) is 0 Å². The SMILES string of the molecule is Cc1ccc(C2=NC3(CCN(C(=O)c4c[nH]c5ccccc45)CC3)ON2)cc1. The second-order valence-electron chi connectivity index (χ2n) is 7.52. The molecule has 2 aromatic carbocycles. The highest BCUT2D eigenvalue weighted by Gasteiger charge is 2.41. The zero-order valence-corrected chi connectivity index (χ0v) is 15.7. The van der Waals surface area contributed by atoms with E-state index in [-0.39, 0.29) is 5.91 Å². The normalized spacial score (nSPS) is 18.3. The van der Waals surface area contributed by atoms with Crippen molar-refractivity contribution in [2.45, 2.75) is 25.5 Å². The van der Waals surface area contributed by atoms with Crippen LogP contribution in [0.5, 0.6) is 0 Å². The van der Waals surface area contributed by atoms with Crippen LogP contribution in [0, 0.1) is 6.92 Å². The summed E-state index contributed by atoms with van der Waals surface area (Å²) in [6.45, 7) is 3.29. The van der Waals surface area contributed by atoms with Crippen molar-refractivity contribution in [3.63, 3.8) is 0 Å². The fraction of sp³-hybridized carbons (Fsp3) is 0.273. The van der Waals surface area contributed by atoms with Crippen LogP contribution in [-0.4, -0.2) is 40.4 Å². The number of aliphatic imine (C=N–C) groups is 1. The van der Waals surface area contributed by atoms with Gasteiger partial charge in [0.15, 0.2) is 11.6 Å². The van der Waals surface area contributed by atoms with Gasteiger partial charge in [-0.05, 0) is 13.0 Å². The van der Waals surface area contributed by atoms with Gasteiger partial charge in [0.25, 0.3) is 5.91 Å². The molecule has 1 amide bonds. The number of hydrogen-bond acceptors (Lipinski definition) is 4. The van der Waals surface area contributed by atoms with E-state index in [1.165, 1.54) is 5.56 Å². The number of fused-ring (bicyclic) bond motifs is 1. The summed E-state index contributed by atoms with van der Waals surface area (Å²) < 4.78 is 0. The molecule has 0 unspecified atom stereocenters. The number of hydroxylamine groups is 1. The van der Waals surface area contributed by atoms with Crippen LogP contribution in [0.4, 0.5) is 0 Å². The molecule has 0 aliphatic carbocycles. The molecule has 5 rings (SSSR count). The second-order valence-corrected chi connectivity index (χ2v) is 7.52. The van der Waals surface area contributed by atoms with Crippen LogP contribution in [-0.2, 0) is 4.84 Å². The molecular formula is C22H22N4O2. The van der Waals surface area contributed by atoms with Crippen LogP contribution in [0.2, 0.25) is 0 Å². The minimum Gasteiger partial charge on any atom is -0.360 e. The van der Waals surface area contributed by atoms with Gasteiger partial charge in [-0.1, -0.05) is 48.0 Å². The molecule has 0 atom stereocenters. The number of amides is 1. The number of para-hydroxylation sites is 1. The number of rotatable bonds is 2. The summed E-state index contributed by atoms with van der Waals surface area (Å²) >= 11 is 0. The number of carbonyl (C=O) groups excluding carboxylic acids is 1. The molecular weight excluding hydrogens is 352 g/mol. The molecule has 2 aliphatic heterocycles. The van der Waals surface area contributed by atoms with Crippen molar-refractivity contribution >= 4 is 22.6 Å². The molecule has 1 saturated heterocycles. The van der Waals surface area contributed by atoms with Gasteiger partial charge in [0.1, 0.15) is 0 Å². The van der Waals surface area contributed by atoms with Crippen LogP contribution >= 0.6 is 0 Å². The summed E-state index contributed by atoms with van der Waals surface area (Å²) in [5.41, 5.74) is 6.33. The third-order valence-corrected chi connectivity index (χ3v) is 5.63. The van der Waals surface area contributed by atoms with E-state index in [2.05, 4.69) is 29.5 Å². The lowest BCUT2D eigenvalue weighted by Crippen LogP contribution is -2.46. The average Bonchev–Trinajstić information content (AvgIpc) is 3.34. The Balaban J connectivity index is 1.31. The van der Waals surface area contributed by atoms with E-state index in [0.29, 0.717) is 25.9 Å². The highest BCUT2D eigenvalue weighted by molar-refractivity contribution is 6.06. The minimum atomic E-state index is -0.586. The molecule has 1 aromatic heterocycles. The summed E-state index contributed by atoms with van der Waals surface area (Å²) in [6, 6.07) is 16.1. The highest BCUT2D eigenvalue weighted by atomic mass is 16.7. The summed E-state index contributed by atoms with van der Waals surface area (Å²) in [5.74, 6) is 0.817. The van der Waals surface area contributed by atoms with Gasteiger partial charge in [-0.25, -0.2) is 15.3 Å². The molecule has 3 heterocycles. The lowest BCUT2D eigenvalue weighted by Gasteiger charge is -2.35. The lowest BCUT2D eigenvalue weighted by molar-refractivity contribution is -0.0849. The Morgan fingerprint density at radius 1 is 1.11 bits per heavy atom. The fourth-order valence-electron chi connectivity index (χ4n) is 3.92. The Morgan fingerprint density at radius 2 is 1.86 bits per heavy atom. The van der Waals surface area contributed by atoms with E-state index in [1.807, 2.05) is 41.3 Å². The van der Waals surface area contributed by atoms with Crippen LogP contribution in [0.1, 0.15) is 34.3 Å². The van der Waals surface area contributed by atoms with Crippen LogP contribution in [0.15, 0.2) is 59.7 Å². The highest BCUT2D eigenvalue weighted by Crippen LogP contribution is 2.32. The number of H-pyrrole nitrogens is 1. The van der Waals surface area contributed by atoms with Gasteiger partial charge in [0, 0.05) is 48.6 Å². The number of benzene rings is 2. The predicted octanol–water partition coefficient (Wildman–Crippen LogP) is 3.39. The number of nitrogens with one attached hydrogen (secondary N) is 2. The third-order valence-electron chi connectivity index (χ3n) is 5.63. The van der Waals surface area contributed by atoms with Crippen LogP contribution in [0.3, 0.4) is 0 Å². The number of aryl methyl sites for hydroxylation is 1. The largest absolute Gasteiger partial charge is 0.360 e. The zero-order valence-electron chi connectivity index (χ0n) is 15.7. The summed E-state index contributed by atoms with van der Waals surface area (Å²) in [5, 5.41) is 0.964. The number of piperidine rings is 1. The molecule has 1 spiro atoms. The lowest BCUT2D eigenvalue weighted by atomic mass is 10.00. The summed E-state index contributed by atoms with van der Waals surface area (Å²) in [7, 11) is 0. The Bertz CT molecular complexity index is 1060. The quantitative estimate of drug-likeness (QED) is 0.722. The Labute approximate surface area is 163 Å². The minimum absolute atomic E-state index is 0.0565. The Morgan fingerprint density at radius 3 is 2.64 bits per heavy atom. The topological polar surface area (TPSA) is 69.7 Å². The van der Waals surface area contributed by atoms with Crippen LogP contribution < -0.4 is 5.48 Å². The standard InChI is InChI=1S/C22H22N4O2/c1-15-6-8-16(9-7-15)20-24-22(28-25-20)10-12-26(13-11-22)21(27)18-14-23-19-5-3-2-4-17(18)19/h2-9,14,23H,10-13H2,1H3,(H,24,25). The van der Waals surface area contributed by atoms with E-state index in [9.17, 15) is 4.79 Å². The van der Waals surface area contributed by atoms with Crippen molar-refractivity contribution in [2.24, 2.45) is 4.99 Å². The van der Waals surface area contributed by atoms with Gasteiger partial charge in [-0.2, -0.15) is 0 Å². The summed E-state index contributed by atoms with van der Waals surface area (Å²) in [4.78, 5) is 28.8. The van der Waals surface area contributed by atoms with E-state index < -0.39 is 5.72 Å². The van der Waals surface area contributed by atoms with Crippen molar-refractivity contribution < 1.29 is 9.63 Å². The molecule has 2 aliphatic rings. The van der Waals surface area contributed by atoms with E-state index in [0.717, 1.165) is 27.9 Å². The number of aromatic amines is 1. The molecule has 0 bridgehead atoms. The zero-order chi connectivity index (χ0) is 19.1. The summed E-state index contributed by atoms with van der Waals surface area (Å²) in [6.07, 6.45) is 3.14.